The van der Waals surface area contributed by atoms with E-state index in [2.05, 4.69) is 0 Å². The average Bonchev–Trinajstić information content (AvgIpc) is 2.98. The molecule has 2 unspecified atom stereocenters. The third kappa shape index (κ3) is 3.86. The minimum Gasteiger partial charge on any atom is -0.388 e. The molecule has 1 aromatic carbocycles. The number of hydrogen-bond acceptors (Lipinski definition) is 5. The normalized spacial score (nSPS) is 20.0. The number of Topliss-reactive ketones (excluding diaryl/α,β-unsaturated/α-hetero) is 1. The van der Waals surface area contributed by atoms with Gasteiger partial charge in [0.2, 0.25) is 0 Å². The Bertz CT molecular complexity index is 443. The lowest BCUT2D eigenvalue weighted by molar-refractivity contribution is 0.0799. The van der Waals surface area contributed by atoms with Crippen molar-refractivity contribution in [2.75, 3.05) is 13.2 Å². The fourth-order valence-corrected chi connectivity index (χ4v) is 2.58. The van der Waals surface area contributed by atoms with Crippen LogP contribution in [-0.4, -0.2) is 35.4 Å². The Morgan fingerprint density at radius 1 is 1.45 bits per heavy atom. The third-order valence-electron chi connectivity index (χ3n) is 3.65. The summed E-state index contributed by atoms with van der Waals surface area (Å²) in [5.41, 5.74) is 2.93. The van der Waals surface area contributed by atoms with Crippen LogP contribution in [0.3, 0.4) is 0 Å². The van der Waals surface area contributed by atoms with E-state index in [-0.39, 0.29) is 18.4 Å². The summed E-state index contributed by atoms with van der Waals surface area (Å²) in [6, 6.07) is 6.98. The van der Waals surface area contributed by atoms with Crippen molar-refractivity contribution in [3.05, 3.63) is 35.4 Å². The molecule has 1 fully saturated rings. The number of aliphatic hydroxyl groups is 1. The van der Waals surface area contributed by atoms with E-state index < -0.39 is 6.10 Å². The number of benzene rings is 1. The maximum Gasteiger partial charge on any atom is 0.179 e. The predicted octanol–water partition coefficient (Wildman–Crippen LogP) is 1.84. The Balaban J connectivity index is 2.00. The van der Waals surface area contributed by atoms with E-state index in [4.69, 9.17) is 9.94 Å². The lowest BCUT2D eigenvalue weighted by Gasteiger charge is -2.16. The number of hydroxylamine groups is 1. The van der Waals surface area contributed by atoms with Crippen molar-refractivity contribution in [2.24, 2.45) is 0 Å². The van der Waals surface area contributed by atoms with E-state index in [0.29, 0.717) is 17.5 Å². The highest BCUT2D eigenvalue weighted by molar-refractivity contribution is 5.99. The van der Waals surface area contributed by atoms with Gasteiger partial charge in [-0.3, -0.25) is 4.79 Å². The summed E-state index contributed by atoms with van der Waals surface area (Å²) in [6.07, 6.45) is 3.04. The molecule has 20 heavy (non-hydrogen) atoms. The zero-order valence-electron chi connectivity index (χ0n) is 11.4. The number of carbonyl (C=O) groups is 1. The van der Waals surface area contributed by atoms with E-state index in [9.17, 15) is 9.90 Å². The van der Waals surface area contributed by atoms with E-state index in [1.165, 1.54) is 0 Å². The van der Waals surface area contributed by atoms with E-state index in [1.807, 2.05) is 5.48 Å². The van der Waals surface area contributed by atoms with E-state index in [1.54, 1.807) is 24.3 Å². The lowest BCUT2D eigenvalue weighted by atomic mass is 9.95. The molecule has 1 heterocycles. The van der Waals surface area contributed by atoms with Gasteiger partial charge in [-0.05, 0) is 31.2 Å². The molecule has 3 N–H and O–H groups in total. The smallest absolute Gasteiger partial charge is 0.179 e. The van der Waals surface area contributed by atoms with Gasteiger partial charge in [0.25, 0.3) is 0 Å². The van der Waals surface area contributed by atoms with Gasteiger partial charge in [-0.2, -0.15) is 5.48 Å². The van der Waals surface area contributed by atoms with Crippen LogP contribution in [0, 0.1) is 0 Å². The minimum absolute atomic E-state index is 0.157. The predicted molar refractivity (Wildman–Crippen MR) is 73.7 cm³/mol. The topological polar surface area (TPSA) is 78.8 Å². The van der Waals surface area contributed by atoms with Gasteiger partial charge >= 0.3 is 0 Å². The molecule has 0 aliphatic carbocycles. The molecule has 1 saturated heterocycles. The van der Waals surface area contributed by atoms with Crippen molar-refractivity contribution < 1.29 is 19.8 Å². The molecule has 2 atom stereocenters. The van der Waals surface area contributed by atoms with E-state index >= 15 is 0 Å². The molecule has 0 bridgehead atoms. The van der Waals surface area contributed by atoms with Crippen LogP contribution in [0.5, 0.6) is 0 Å². The molecule has 5 nitrogen and oxygen atoms in total. The van der Waals surface area contributed by atoms with Crippen molar-refractivity contribution in [1.29, 1.82) is 0 Å². The first kappa shape index (κ1) is 15.1. The van der Waals surface area contributed by atoms with Gasteiger partial charge in [-0.1, -0.05) is 24.3 Å². The molecule has 0 saturated carbocycles. The first-order chi connectivity index (χ1) is 9.72. The highest BCUT2D eigenvalue weighted by atomic mass is 16.5. The van der Waals surface area contributed by atoms with Gasteiger partial charge in [-0.25, -0.2) is 0 Å². The second kappa shape index (κ2) is 7.50. The van der Waals surface area contributed by atoms with Crippen molar-refractivity contribution in [2.45, 2.75) is 37.9 Å². The summed E-state index contributed by atoms with van der Waals surface area (Å²) in [6.45, 7) is 0.646. The zero-order chi connectivity index (χ0) is 14.4. The van der Waals surface area contributed by atoms with Gasteiger partial charge in [0, 0.05) is 12.2 Å². The first-order valence-corrected chi connectivity index (χ1v) is 7.01. The molecule has 5 heteroatoms. The molecule has 0 amide bonds. The monoisotopic (exact) mass is 279 g/mol. The molecule has 0 radical (unpaired) electrons. The number of ether oxygens (including phenoxy) is 1. The summed E-state index contributed by atoms with van der Waals surface area (Å²) in [4.78, 5) is 11.9. The van der Waals surface area contributed by atoms with Gasteiger partial charge in [0.15, 0.2) is 5.78 Å². The second-order valence-electron chi connectivity index (χ2n) is 5.07. The van der Waals surface area contributed by atoms with Crippen molar-refractivity contribution >= 4 is 5.78 Å². The lowest BCUT2D eigenvalue weighted by Crippen LogP contribution is -2.21. The number of rotatable bonds is 7. The molecule has 0 spiro atoms. The third-order valence-corrected chi connectivity index (χ3v) is 3.65. The Labute approximate surface area is 118 Å². The average molecular weight is 279 g/mol. The van der Waals surface area contributed by atoms with Crippen LogP contribution in [0.4, 0.5) is 0 Å². The number of aliphatic hydroxyl groups excluding tert-OH is 1. The molecular weight excluding hydrogens is 258 g/mol. The molecule has 0 aromatic heterocycles. The molecule has 1 aliphatic heterocycles. The van der Waals surface area contributed by atoms with Crippen LogP contribution in [-0.2, 0) is 4.74 Å². The van der Waals surface area contributed by atoms with Gasteiger partial charge in [0.1, 0.15) is 0 Å². The molecule has 2 rings (SSSR count). The largest absolute Gasteiger partial charge is 0.388 e. The minimum atomic E-state index is -0.682. The molecule has 1 aromatic rings. The van der Waals surface area contributed by atoms with Crippen molar-refractivity contribution in [1.82, 2.24) is 5.48 Å². The Kier molecular flexibility index (Phi) is 5.67. The van der Waals surface area contributed by atoms with Crippen LogP contribution >= 0.6 is 0 Å². The standard InChI is InChI=1S/C15H21NO4/c17-14(8-7-11-4-3-9-20-11)12-5-1-2-6-13(12)15(18)10-16-19/h1-2,5-6,11,14,16-17,19H,3-4,7-10H2. The number of nitrogens with one attached hydrogen (secondary N) is 1. The Morgan fingerprint density at radius 3 is 2.95 bits per heavy atom. The quantitative estimate of drug-likeness (QED) is 0.524. The fraction of sp³-hybridized carbons (Fsp3) is 0.533. The van der Waals surface area contributed by atoms with Crippen LogP contribution in [0.1, 0.15) is 47.7 Å². The Morgan fingerprint density at radius 2 is 2.25 bits per heavy atom. The summed E-state index contributed by atoms with van der Waals surface area (Å²) in [5, 5.41) is 18.9. The van der Waals surface area contributed by atoms with Gasteiger partial charge in [0.05, 0.1) is 18.8 Å². The molecular formula is C15H21NO4. The van der Waals surface area contributed by atoms with Crippen molar-refractivity contribution in [3.8, 4) is 0 Å². The Hall–Kier alpha value is -1.27. The summed E-state index contributed by atoms with van der Waals surface area (Å²) in [7, 11) is 0. The number of ketones is 1. The van der Waals surface area contributed by atoms with Crippen LogP contribution < -0.4 is 5.48 Å². The van der Waals surface area contributed by atoms with Crippen LogP contribution in [0.2, 0.25) is 0 Å². The highest BCUT2D eigenvalue weighted by Crippen LogP contribution is 2.26. The zero-order valence-corrected chi connectivity index (χ0v) is 11.4. The molecule has 1 aliphatic rings. The summed E-state index contributed by atoms with van der Waals surface area (Å²) in [5.74, 6) is -0.237. The summed E-state index contributed by atoms with van der Waals surface area (Å²) < 4.78 is 5.53. The second-order valence-corrected chi connectivity index (χ2v) is 5.07. The van der Waals surface area contributed by atoms with Crippen LogP contribution in [0.15, 0.2) is 24.3 Å². The summed E-state index contributed by atoms with van der Waals surface area (Å²) >= 11 is 0. The number of carbonyl (C=O) groups excluding carboxylic acids is 1. The van der Waals surface area contributed by atoms with Gasteiger partial charge in [-0.15, -0.1) is 0 Å². The highest BCUT2D eigenvalue weighted by Gasteiger charge is 2.20. The molecule has 110 valence electrons. The fourth-order valence-electron chi connectivity index (χ4n) is 2.58. The maximum absolute atomic E-state index is 11.9. The van der Waals surface area contributed by atoms with Gasteiger partial charge < -0.3 is 15.1 Å². The van der Waals surface area contributed by atoms with Crippen molar-refractivity contribution in [3.63, 3.8) is 0 Å². The number of hydrogen-bond donors (Lipinski definition) is 3. The SMILES string of the molecule is O=C(CNO)c1ccccc1C(O)CCC1CCCO1. The maximum atomic E-state index is 11.9. The first-order valence-electron chi connectivity index (χ1n) is 7.01. The van der Waals surface area contributed by atoms with E-state index in [0.717, 1.165) is 25.9 Å². The van der Waals surface area contributed by atoms with Crippen LogP contribution in [0.25, 0.3) is 0 Å².